The summed E-state index contributed by atoms with van der Waals surface area (Å²) in [4.78, 5) is 19.3. The standard InChI is InChI=1S/C26H26F4N4O2/c27-19-7-5-18(6-8-19)17-32-24-21(4-3-11-31-24)25(35)33-20-9-10-22(26(28,29)30)23(16-20)36-15-14-34-12-1-2-13-34/h3-11,16H,1-2,12-15,17H2,(H,31,32)(H,33,35). The second-order valence-electron chi connectivity index (χ2n) is 8.44. The molecule has 1 aromatic heterocycles. The molecule has 190 valence electrons. The molecule has 1 amide bonds. The zero-order valence-corrected chi connectivity index (χ0v) is 19.4. The Morgan fingerprint density at radius 2 is 1.81 bits per heavy atom. The fraction of sp³-hybridized carbons (Fsp3) is 0.308. The number of aromatic nitrogens is 1. The summed E-state index contributed by atoms with van der Waals surface area (Å²) in [6, 6.07) is 12.3. The molecule has 3 aromatic rings. The normalized spacial score (nSPS) is 14.0. The molecule has 0 spiro atoms. The van der Waals surface area contributed by atoms with E-state index in [4.69, 9.17) is 4.74 Å². The number of rotatable bonds is 9. The van der Waals surface area contributed by atoms with E-state index in [-0.39, 0.29) is 35.2 Å². The molecule has 0 saturated carbocycles. The van der Waals surface area contributed by atoms with Crippen LogP contribution in [0.25, 0.3) is 0 Å². The third-order valence-corrected chi connectivity index (χ3v) is 5.83. The van der Waals surface area contributed by atoms with Gasteiger partial charge in [-0.25, -0.2) is 9.37 Å². The van der Waals surface area contributed by atoms with Gasteiger partial charge in [-0.2, -0.15) is 13.2 Å². The van der Waals surface area contributed by atoms with Gasteiger partial charge in [-0.3, -0.25) is 9.69 Å². The number of nitrogens with zero attached hydrogens (tertiary/aromatic N) is 2. The molecule has 36 heavy (non-hydrogen) atoms. The smallest absolute Gasteiger partial charge is 0.419 e. The van der Waals surface area contributed by atoms with Crippen molar-refractivity contribution >= 4 is 17.4 Å². The molecule has 0 atom stereocenters. The summed E-state index contributed by atoms with van der Waals surface area (Å²) >= 11 is 0. The van der Waals surface area contributed by atoms with Gasteiger partial charge in [0.2, 0.25) is 0 Å². The van der Waals surface area contributed by atoms with Crippen LogP contribution in [0.5, 0.6) is 5.75 Å². The second-order valence-corrected chi connectivity index (χ2v) is 8.44. The summed E-state index contributed by atoms with van der Waals surface area (Å²) in [6.45, 7) is 2.77. The van der Waals surface area contributed by atoms with E-state index >= 15 is 0 Å². The third kappa shape index (κ3) is 6.72. The Hall–Kier alpha value is -3.66. The van der Waals surface area contributed by atoms with Crippen LogP contribution in [0.1, 0.15) is 34.3 Å². The maximum absolute atomic E-state index is 13.5. The minimum atomic E-state index is -4.59. The van der Waals surface area contributed by atoms with Crippen molar-refractivity contribution in [2.24, 2.45) is 0 Å². The zero-order chi connectivity index (χ0) is 25.5. The average Bonchev–Trinajstić information content (AvgIpc) is 3.37. The van der Waals surface area contributed by atoms with E-state index in [9.17, 15) is 22.4 Å². The number of carbonyl (C=O) groups excluding carboxylic acids is 1. The molecule has 0 bridgehead atoms. The van der Waals surface area contributed by atoms with E-state index in [1.54, 1.807) is 24.3 Å². The molecule has 1 saturated heterocycles. The summed E-state index contributed by atoms with van der Waals surface area (Å²) in [5, 5.41) is 5.67. The number of alkyl halides is 3. The average molecular weight is 503 g/mol. The Bertz CT molecular complexity index is 1180. The van der Waals surface area contributed by atoms with Gasteiger partial charge in [-0.05, 0) is 67.9 Å². The Labute approximate surface area is 206 Å². The van der Waals surface area contributed by atoms with E-state index in [2.05, 4.69) is 20.5 Å². The highest BCUT2D eigenvalue weighted by molar-refractivity contribution is 6.07. The van der Waals surface area contributed by atoms with Gasteiger partial charge in [0.25, 0.3) is 5.91 Å². The first-order chi connectivity index (χ1) is 17.3. The maximum Gasteiger partial charge on any atom is 0.419 e. The van der Waals surface area contributed by atoms with Crippen LogP contribution in [0.4, 0.5) is 29.1 Å². The van der Waals surface area contributed by atoms with Gasteiger partial charge in [0, 0.05) is 31.0 Å². The van der Waals surface area contributed by atoms with Gasteiger partial charge in [-0.15, -0.1) is 0 Å². The van der Waals surface area contributed by atoms with E-state index < -0.39 is 17.6 Å². The van der Waals surface area contributed by atoms with Crippen LogP contribution < -0.4 is 15.4 Å². The van der Waals surface area contributed by atoms with E-state index in [0.717, 1.165) is 37.6 Å². The molecule has 0 aliphatic carbocycles. The first-order valence-corrected chi connectivity index (χ1v) is 11.6. The molecular formula is C26H26F4N4O2. The van der Waals surface area contributed by atoms with Crippen LogP contribution in [-0.4, -0.2) is 42.0 Å². The molecule has 2 N–H and O–H groups in total. The lowest BCUT2D eigenvalue weighted by Crippen LogP contribution is -2.25. The monoisotopic (exact) mass is 502 g/mol. The number of amides is 1. The Morgan fingerprint density at radius 3 is 2.53 bits per heavy atom. The fourth-order valence-electron chi connectivity index (χ4n) is 3.96. The fourth-order valence-corrected chi connectivity index (χ4v) is 3.96. The van der Waals surface area contributed by atoms with Crippen LogP contribution in [0.2, 0.25) is 0 Å². The predicted octanol–water partition coefficient (Wildman–Crippen LogP) is 5.58. The zero-order valence-electron chi connectivity index (χ0n) is 19.4. The minimum Gasteiger partial charge on any atom is -0.492 e. The molecule has 10 heteroatoms. The Kier molecular flexibility index (Phi) is 8.04. The van der Waals surface area contributed by atoms with Crippen molar-refractivity contribution < 1.29 is 27.1 Å². The molecule has 1 aliphatic heterocycles. The predicted molar refractivity (Wildman–Crippen MR) is 129 cm³/mol. The summed E-state index contributed by atoms with van der Waals surface area (Å²) in [6.07, 6.45) is -0.935. The molecule has 4 rings (SSSR count). The van der Waals surface area contributed by atoms with Crippen LogP contribution in [0.3, 0.4) is 0 Å². The van der Waals surface area contributed by atoms with Crippen LogP contribution in [0, 0.1) is 5.82 Å². The van der Waals surface area contributed by atoms with Crippen molar-refractivity contribution in [1.82, 2.24) is 9.88 Å². The van der Waals surface area contributed by atoms with Gasteiger partial charge < -0.3 is 15.4 Å². The molecule has 0 unspecified atom stereocenters. The van der Waals surface area contributed by atoms with Crippen LogP contribution in [0.15, 0.2) is 60.8 Å². The number of anilines is 2. The lowest BCUT2D eigenvalue weighted by atomic mass is 10.1. The summed E-state index contributed by atoms with van der Waals surface area (Å²) in [7, 11) is 0. The summed E-state index contributed by atoms with van der Waals surface area (Å²) in [5.41, 5.74) is 0.255. The highest BCUT2D eigenvalue weighted by atomic mass is 19.4. The minimum absolute atomic E-state index is 0.112. The van der Waals surface area contributed by atoms with E-state index in [1.165, 1.54) is 30.5 Å². The lowest BCUT2D eigenvalue weighted by Gasteiger charge is -2.18. The number of likely N-dealkylation sites (tertiary alicyclic amines) is 1. The molecule has 1 aliphatic rings. The topological polar surface area (TPSA) is 66.5 Å². The second kappa shape index (κ2) is 11.4. The van der Waals surface area contributed by atoms with Gasteiger partial charge >= 0.3 is 6.18 Å². The first kappa shape index (κ1) is 25.4. The van der Waals surface area contributed by atoms with Crippen molar-refractivity contribution in [3.05, 3.63) is 83.3 Å². The number of benzene rings is 2. The van der Waals surface area contributed by atoms with Gasteiger partial charge in [0.05, 0.1) is 11.1 Å². The number of hydrogen-bond acceptors (Lipinski definition) is 5. The number of halogens is 4. The van der Waals surface area contributed by atoms with E-state index in [0.29, 0.717) is 13.1 Å². The van der Waals surface area contributed by atoms with Crippen molar-refractivity contribution in [1.29, 1.82) is 0 Å². The van der Waals surface area contributed by atoms with Gasteiger partial charge in [-0.1, -0.05) is 12.1 Å². The quantitative estimate of drug-likeness (QED) is 0.374. The van der Waals surface area contributed by atoms with Crippen LogP contribution >= 0.6 is 0 Å². The number of pyridine rings is 1. The molecular weight excluding hydrogens is 476 g/mol. The molecule has 2 heterocycles. The first-order valence-electron chi connectivity index (χ1n) is 11.6. The van der Waals surface area contributed by atoms with Crippen molar-refractivity contribution in [3.8, 4) is 5.75 Å². The maximum atomic E-state index is 13.5. The Balaban J connectivity index is 1.46. The highest BCUT2D eigenvalue weighted by Gasteiger charge is 2.34. The molecule has 1 fully saturated rings. The lowest BCUT2D eigenvalue weighted by molar-refractivity contribution is -0.138. The highest BCUT2D eigenvalue weighted by Crippen LogP contribution is 2.38. The molecule has 6 nitrogen and oxygen atoms in total. The van der Waals surface area contributed by atoms with Gasteiger partial charge in [0.1, 0.15) is 24.0 Å². The van der Waals surface area contributed by atoms with Gasteiger partial charge in [0.15, 0.2) is 0 Å². The van der Waals surface area contributed by atoms with Crippen molar-refractivity contribution in [3.63, 3.8) is 0 Å². The molecule has 0 radical (unpaired) electrons. The van der Waals surface area contributed by atoms with Crippen molar-refractivity contribution in [2.45, 2.75) is 25.6 Å². The summed E-state index contributed by atoms with van der Waals surface area (Å²) in [5.74, 6) is -0.950. The third-order valence-electron chi connectivity index (χ3n) is 5.83. The largest absolute Gasteiger partial charge is 0.492 e. The Morgan fingerprint density at radius 1 is 1.06 bits per heavy atom. The van der Waals surface area contributed by atoms with Crippen LogP contribution in [-0.2, 0) is 12.7 Å². The number of ether oxygens (including phenoxy) is 1. The molecule has 2 aromatic carbocycles. The number of hydrogen-bond donors (Lipinski definition) is 2. The SMILES string of the molecule is O=C(Nc1ccc(C(F)(F)F)c(OCCN2CCCC2)c1)c1cccnc1NCc1ccc(F)cc1. The summed E-state index contributed by atoms with van der Waals surface area (Å²) < 4.78 is 59.2. The number of carbonyl (C=O) groups is 1. The number of nitrogens with one attached hydrogen (secondary N) is 2. The van der Waals surface area contributed by atoms with Crippen molar-refractivity contribution in [2.75, 3.05) is 36.9 Å². The van der Waals surface area contributed by atoms with E-state index in [1.807, 2.05) is 0 Å².